The number of hydrogen-bond donors (Lipinski definition) is 3. The van der Waals surface area contributed by atoms with Crippen LogP contribution in [0.25, 0.3) is 11.3 Å². The van der Waals surface area contributed by atoms with Crippen molar-refractivity contribution in [3.05, 3.63) is 64.6 Å². The molecule has 5 rings (SSSR count). The number of nitrogens with zero attached hydrogens (tertiary/aromatic N) is 4. The van der Waals surface area contributed by atoms with E-state index in [0.717, 1.165) is 0 Å². The summed E-state index contributed by atoms with van der Waals surface area (Å²) in [6.07, 6.45) is 1.54. The Morgan fingerprint density at radius 3 is 2.46 bits per heavy atom. The van der Waals surface area contributed by atoms with Gasteiger partial charge >= 0.3 is 0 Å². The number of ether oxygens (including phenoxy) is 1. The number of β-amino-alcohol motifs (C(OH)–C–C–N with tert-alkyl or cyclic N) is 1. The van der Waals surface area contributed by atoms with Crippen molar-refractivity contribution in [3.63, 3.8) is 0 Å². The molecule has 3 N–H and O–H groups in total. The van der Waals surface area contributed by atoms with Crippen molar-refractivity contribution in [1.29, 1.82) is 0 Å². The second kappa shape index (κ2) is 11.6. The quantitative estimate of drug-likeness (QED) is 0.371. The van der Waals surface area contributed by atoms with Crippen LogP contribution < -0.4 is 15.4 Å². The molecule has 2 fully saturated rings. The Morgan fingerprint density at radius 1 is 1.12 bits per heavy atom. The molecule has 2 amide bonds. The molecule has 0 radical (unpaired) electrons. The molecule has 0 atom stereocenters. The van der Waals surface area contributed by atoms with Gasteiger partial charge in [-0.3, -0.25) is 9.59 Å². The molecule has 2 aromatic carbocycles. The highest BCUT2D eigenvalue weighted by atomic mass is 35.5. The monoisotopic (exact) mass is 588 g/mol. The zero-order valence-corrected chi connectivity index (χ0v) is 23.5. The summed E-state index contributed by atoms with van der Waals surface area (Å²) in [4.78, 5) is 33.3. The fourth-order valence-electron chi connectivity index (χ4n) is 4.99. The van der Waals surface area contributed by atoms with Gasteiger partial charge in [0.05, 0.1) is 48.2 Å². The minimum Gasteiger partial charge on any atom is -0.494 e. The molecule has 41 heavy (non-hydrogen) atoms. The maximum absolute atomic E-state index is 14.6. The van der Waals surface area contributed by atoms with Crippen molar-refractivity contribution in [2.45, 2.75) is 18.6 Å². The van der Waals surface area contributed by atoms with Crippen LogP contribution >= 0.6 is 11.6 Å². The summed E-state index contributed by atoms with van der Waals surface area (Å²) in [5, 5.41) is 16.7. The number of aliphatic hydroxyl groups is 1. The number of imidazole rings is 1. The first-order chi connectivity index (χ1) is 19.6. The molecule has 0 unspecified atom stereocenters. The summed E-state index contributed by atoms with van der Waals surface area (Å²) in [6, 6.07) is 7.82. The number of piperazine rings is 1. The third-order valence-corrected chi connectivity index (χ3v) is 7.90. The van der Waals surface area contributed by atoms with Gasteiger partial charge in [0.1, 0.15) is 5.82 Å². The van der Waals surface area contributed by atoms with Crippen LogP contribution in [0.5, 0.6) is 5.75 Å². The minimum absolute atomic E-state index is 0.0636. The number of benzene rings is 2. The van der Waals surface area contributed by atoms with Crippen molar-refractivity contribution in [3.8, 4) is 17.0 Å². The fraction of sp³-hybridized carbons (Fsp3) is 0.393. The van der Waals surface area contributed by atoms with Crippen molar-refractivity contribution in [2.24, 2.45) is 7.05 Å². The Bertz CT molecular complexity index is 1470. The number of methoxy groups -OCH3 is 1. The zero-order valence-electron chi connectivity index (χ0n) is 22.7. The highest BCUT2D eigenvalue weighted by molar-refractivity contribution is 6.34. The molecule has 2 saturated heterocycles. The van der Waals surface area contributed by atoms with Gasteiger partial charge in [-0.1, -0.05) is 11.6 Å². The van der Waals surface area contributed by atoms with Crippen molar-refractivity contribution >= 4 is 29.1 Å². The van der Waals surface area contributed by atoms with Crippen LogP contribution in [0.15, 0.2) is 36.5 Å². The number of amides is 2. The van der Waals surface area contributed by atoms with Crippen LogP contribution in [-0.2, 0) is 18.4 Å². The Hall–Kier alpha value is -3.74. The smallest absolute Gasteiger partial charge is 0.255 e. The van der Waals surface area contributed by atoms with Crippen LogP contribution in [0, 0.1) is 11.6 Å². The van der Waals surface area contributed by atoms with E-state index in [-0.39, 0.29) is 41.1 Å². The molecule has 0 bridgehead atoms. The Balaban J connectivity index is 1.18. The van der Waals surface area contributed by atoms with Gasteiger partial charge < -0.3 is 34.8 Å². The molecule has 0 saturated carbocycles. The number of aromatic nitrogens is 2. The summed E-state index contributed by atoms with van der Waals surface area (Å²) < 4.78 is 35.3. The summed E-state index contributed by atoms with van der Waals surface area (Å²) in [6.45, 7) is 2.62. The van der Waals surface area contributed by atoms with Gasteiger partial charge in [0.2, 0.25) is 11.7 Å². The molecule has 0 spiro atoms. The maximum atomic E-state index is 14.6. The highest BCUT2D eigenvalue weighted by Gasteiger charge is 2.38. The predicted octanol–water partition coefficient (Wildman–Crippen LogP) is 2.65. The summed E-state index contributed by atoms with van der Waals surface area (Å²) in [5.74, 6) is -2.03. The lowest BCUT2D eigenvalue weighted by Crippen LogP contribution is -2.62. The number of carbonyl (C=O) groups excluding carboxylic acids is 2. The van der Waals surface area contributed by atoms with Gasteiger partial charge in [0.25, 0.3) is 5.91 Å². The lowest BCUT2D eigenvalue weighted by Gasteiger charge is -2.40. The Morgan fingerprint density at radius 2 is 1.83 bits per heavy atom. The average Bonchev–Trinajstić information content (AvgIpc) is 3.31. The van der Waals surface area contributed by atoms with Crippen LogP contribution in [0.3, 0.4) is 0 Å². The van der Waals surface area contributed by atoms with Crippen LogP contribution in [-0.4, -0.2) is 88.3 Å². The van der Waals surface area contributed by atoms with Crippen molar-refractivity contribution < 1.29 is 28.2 Å². The van der Waals surface area contributed by atoms with E-state index < -0.39 is 17.2 Å². The van der Waals surface area contributed by atoms with E-state index in [4.69, 9.17) is 16.3 Å². The largest absolute Gasteiger partial charge is 0.494 e. The molecule has 3 heterocycles. The van der Waals surface area contributed by atoms with Gasteiger partial charge in [-0.05, 0) is 30.3 Å². The van der Waals surface area contributed by atoms with E-state index >= 15 is 0 Å². The Labute approximate surface area is 240 Å². The molecule has 218 valence electrons. The molecule has 0 aliphatic carbocycles. The zero-order chi connectivity index (χ0) is 29.3. The summed E-state index contributed by atoms with van der Waals surface area (Å²) in [7, 11) is 2.97. The van der Waals surface area contributed by atoms with Crippen LogP contribution in [0.1, 0.15) is 22.6 Å². The first-order valence-corrected chi connectivity index (χ1v) is 13.5. The van der Waals surface area contributed by atoms with Gasteiger partial charge in [-0.2, -0.15) is 4.39 Å². The lowest BCUT2D eigenvalue weighted by molar-refractivity contribution is -0.140. The summed E-state index contributed by atoms with van der Waals surface area (Å²) >= 11 is 6.48. The molecule has 10 nitrogen and oxygen atoms in total. The number of carbonyl (C=O) groups is 2. The normalized spacial score (nSPS) is 16.3. The van der Waals surface area contributed by atoms with Gasteiger partial charge in [-0.15, -0.1) is 0 Å². The van der Waals surface area contributed by atoms with Crippen molar-refractivity contribution in [1.82, 2.24) is 24.7 Å². The van der Waals surface area contributed by atoms with E-state index in [1.807, 2.05) is 0 Å². The van der Waals surface area contributed by atoms with Crippen LogP contribution in [0.2, 0.25) is 5.02 Å². The SMILES string of the molecule is COc1ccc(-c2cnc(CNc3ccc(C(=O)N4CCN(C(=O)CC5(O)CNC5)CC4)c(Cl)c3)n2C)c(F)c1F. The number of nitrogens with one attached hydrogen (secondary N) is 2. The topological polar surface area (TPSA) is 112 Å². The third kappa shape index (κ3) is 5.85. The Kier molecular flexibility index (Phi) is 8.16. The third-order valence-electron chi connectivity index (χ3n) is 7.59. The molecule has 2 aliphatic heterocycles. The van der Waals surface area contributed by atoms with Gasteiger partial charge in [-0.25, -0.2) is 9.37 Å². The number of halogens is 3. The van der Waals surface area contributed by atoms with E-state index in [0.29, 0.717) is 62.0 Å². The second-order valence-electron chi connectivity index (χ2n) is 10.3. The van der Waals surface area contributed by atoms with Crippen LogP contribution in [0.4, 0.5) is 14.5 Å². The number of anilines is 1. The second-order valence-corrected chi connectivity index (χ2v) is 10.7. The highest BCUT2D eigenvalue weighted by Crippen LogP contribution is 2.30. The summed E-state index contributed by atoms with van der Waals surface area (Å²) in [5.41, 5.74) is 0.491. The standard InChI is InChI=1S/C28H31ClF2N6O4/c1-35-21(19-5-6-22(41-2)26(31)25(19)30)13-34-23(35)14-33-17-3-4-18(20(29)11-17)27(39)37-9-7-36(8-10-37)24(38)12-28(40)15-32-16-28/h3-6,11,13,32-33,40H,7-10,12,14-16H2,1-2H3. The molecule has 2 aliphatic rings. The predicted molar refractivity (Wildman–Crippen MR) is 149 cm³/mol. The first-order valence-electron chi connectivity index (χ1n) is 13.2. The number of hydrogen-bond acceptors (Lipinski definition) is 7. The van der Waals surface area contributed by atoms with Gasteiger partial charge in [0.15, 0.2) is 11.6 Å². The minimum atomic E-state index is -1.06. The lowest BCUT2D eigenvalue weighted by atomic mass is 9.92. The molecule has 13 heteroatoms. The molecular weight excluding hydrogens is 558 g/mol. The number of rotatable bonds is 8. The first kappa shape index (κ1) is 28.8. The molecule has 3 aromatic rings. The van der Waals surface area contributed by atoms with E-state index in [1.165, 1.54) is 25.4 Å². The van der Waals surface area contributed by atoms with Crippen molar-refractivity contribution in [2.75, 3.05) is 51.7 Å². The molecular formula is C28H31ClF2N6O4. The van der Waals surface area contributed by atoms with E-state index in [1.54, 1.807) is 39.6 Å². The van der Waals surface area contributed by atoms with E-state index in [2.05, 4.69) is 15.6 Å². The fourth-order valence-corrected chi connectivity index (χ4v) is 5.25. The average molecular weight is 589 g/mol. The van der Waals surface area contributed by atoms with Gasteiger partial charge in [0, 0.05) is 57.6 Å². The van der Waals surface area contributed by atoms with E-state index in [9.17, 15) is 23.5 Å². The molecule has 1 aromatic heterocycles. The maximum Gasteiger partial charge on any atom is 0.255 e.